The third-order valence-electron chi connectivity index (χ3n) is 2.99. The van der Waals surface area contributed by atoms with Gasteiger partial charge in [0, 0.05) is 29.5 Å². The highest BCUT2D eigenvalue weighted by Gasteiger charge is 2.27. The van der Waals surface area contributed by atoms with Gasteiger partial charge in [0.05, 0.1) is 12.5 Å². The van der Waals surface area contributed by atoms with Gasteiger partial charge in [-0.1, -0.05) is 24.1 Å². The molecule has 0 saturated carbocycles. The fourth-order valence-corrected chi connectivity index (χ4v) is 3.07. The molecular weight excluding hydrogens is 274 g/mol. The number of carboxylic acid groups (broad SMARTS) is 1. The largest absolute Gasteiger partial charge is 0.481 e. The lowest BCUT2D eigenvalue weighted by Gasteiger charge is -2.33. The van der Waals surface area contributed by atoms with Gasteiger partial charge in [0.25, 0.3) is 5.91 Å². The Hall–Kier alpha value is -1.93. The van der Waals surface area contributed by atoms with Crippen molar-refractivity contribution in [3.63, 3.8) is 0 Å². The Morgan fingerprint density at radius 1 is 1.35 bits per heavy atom. The van der Waals surface area contributed by atoms with Crippen molar-refractivity contribution in [3.05, 3.63) is 35.9 Å². The highest BCUT2D eigenvalue weighted by atomic mass is 32.2. The molecule has 1 aromatic carbocycles. The molecule has 1 unspecified atom stereocenters. The van der Waals surface area contributed by atoms with Gasteiger partial charge in [0.2, 0.25) is 0 Å². The van der Waals surface area contributed by atoms with Gasteiger partial charge >= 0.3 is 5.97 Å². The van der Waals surface area contributed by atoms with E-state index in [0.29, 0.717) is 12.3 Å². The first-order valence-corrected chi connectivity index (χ1v) is 7.49. The van der Waals surface area contributed by atoms with E-state index in [1.165, 1.54) is 0 Å². The molecule has 5 heteroatoms. The van der Waals surface area contributed by atoms with Crippen molar-refractivity contribution >= 4 is 23.6 Å². The van der Waals surface area contributed by atoms with Gasteiger partial charge < -0.3 is 10.0 Å². The van der Waals surface area contributed by atoms with Crippen LogP contribution in [0.1, 0.15) is 12.0 Å². The van der Waals surface area contributed by atoms with E-state index in [1.54, 1.807) is 16.7 Å². The number of amides is 1. The van der Waals surface area contributed by atoms with E-state index in [1.807, 2.05) is 30.3 Å². The van der Waals surface area contributed by atoms with Gasteiger partial charge in [-0.15, -0.1) is 0 Å². The van der Waals surface area contributed by atoms with Crippen LogP contribution in [-0.2, 0) is 9.59 Å². The van der Waals surface area contributed by atoms with E-state index in [9.17, 15) is 9.59 Å². The Labute approximate surface area is 122 Å². The lowest BCUT2D eigenvalue weighted by atomic mass is 10.2. The molecule has 0 radical (unpaired) electrons. The summed E-state index contributed by atoms with van der Waals surface area (Å²) < 4.78 is 0. The number of nitrogens with zero attached hydrogens (tertiary/aromatic N) is 1. The predicted octanol–water partition coefficient (Wildman–Crippen LogP) is 1.46. The summed E-state index contributed by atoms with van der Waals surface area (Å²) in [6.45, 7) is 0.560. The number of benzene rings is 1. The maximum atomic E-state index is 12.1. The summed E-state index contributed by atoms with van der Waals surface area (Å²) in [4.78, 5) is 24.5. The number of carbonyl (C=O) groups excluding carboxylic acids is 1. The van der Waals surface area contributed by atoms with E-state index in [2.05, 4.69) is 11.8 Å². The summed E-state index contributed by atoms with van der Waals surface area (Å²) in [6, 6.07) is 9.02. The minimum absolute atomic E-state index is 0.0221. The van der Waals surface area contributed by atoms with Crippen molar-refractivity contribution in [2.24, 2.45) is 0 Å². The maximum Gasteiger partial charge on any atom is 0.305 e. The zero-order valence-corrected chi connectivity index (χ0v) is 11.7. The highest BCUT2D eigenvalue weighted by Crippen LogP contribution is 2.19. The van der Waals surface area contributed by atoms with Crippen molar-refractivity contribution in [1.82, 2.24) is 4.90 Å². The lowest BCUT2D eigenvalue weighted by Crippen LogP contribution is -2.46. The molecule has 1 aromatic rings. The number of hydrogen-bond donors (Lipinski definition) is 1. The summed E-state index contributed by atoms with van der Waals surface area (Å²) in [5.41, 5.74) is 0.780. The molecule has 1 atom stereocenters. The third kappa shape index (κ3) is 4.04. The van der Waals surface area contributed by atoms with E-state index >= 15 is 0 Å². The Balaban J connectivity index is 2.06. The van der Waals surface area contributed by atoms with Gasteiger partial charge in [-0.05, 0) is 12.1 Å². The van der Waals surface area contributed by atoms with E-state index in [4.69, 9.17) is 5.11 Å². The van der Waals surface area contributed by atoms with E-state index in [-0.39, 0.29) is 18.4 Å². The fourth-order valence-electron chi connectivity index (χ4n) is 2.01. The smallest absolute Gasteiger partial charge is 0.305 e. The van der Waals surface area contributed by atoms with Crippen LogP contribution in [-0.4, -0.2) is 46.0 Å². The summed E-state index contributed by atoms with van der Waals surface area (Å²) in [5.74, 6) is 5.74. The lowest BCUT2D eigenvalue weighted by molar-refractivity contribution is -0.139. The SMILES string of the molecule is O=C(O)CC1CSCCN1C(=O)C#Cc1ccccc1. The van der Waals surface area contributed by atoms with Gasteiger partial charge in [0.1, 0.15) is 0 Å². The van der Waals surface area contributed by atoms with Crippen LogP contribution in [0.4, 0.5) is 0 Å². The number of aliphatic carboxylic acids is 1. The average molecular weight is 289 g/mol. The van der Waals surface area contributed by atoms with E-state index in [0.717, 1.165) is 11.3 Å². The van der Waals surface area contributed by atoms with E-state index < -0.39 is 5.97 Å². The van der Waals surface area contributed by atoms with Crippen molar-refractivity contribution < 1.29 is 14.7 Å². The van der Waals surface area contributed by atoms with Crippen LogP contribution in [0.25, 0.3) is 0 Å². The topological polar surface area (TPSA) is 57.6 Å². The van der Waals surface area contributed by atoms with Crippen LogP contribution in [0.2, 0.25) is 0 Å². The molecule has 20 heavy (non-hydrogen) atoms. The number of carbonyl (C=O) groups is 2. The maximum absolute atomic E-state index is 12.1. The Kier molecular flexibility index (Phi) is 5.08. The number of carboxylic acids is 1. The second-order valence-electron chi connectivity index (χ2n) is 4.44. The molecule has 1 fully saturated rings. The second-order valence-corrected chi connectivity index (χ2v) is 5.59. The quantitative estimate of drug-likeness (QED) is 0.837. The van der Waals surface area contributed by atoms with Crippen molar-refractivity contribution in [1.29, 1.82) is 0 Å². The van der Waals surface area contributed by atoms with Crippen LogP contribution in [0.15, 0.2) is 30.3 Å². The first-order chi connectivity index (χ1) is 9.66. The van der Waals surface area contributed by atoms with Crippen LogP contribution >= 0.6 is 11.8 Å². The summed E-state index contributed by atoms with van der Waals surface area (Å²) in [5, 5.41) is 8.89. The molecule has 2 rings (SSSR count). The van der Waals surface area contributed by atoms with Crippen molar-refractivity contribution in [3.8, 4) is 11.8 Å². The summed E-state index contributed by atoms with van der Waals surface area (Å²) in [6.07, 6.45) is -0.0221. The average Bonchev–Trinajstić information content (AvgIpc) is 2.46. The summed E-state index contributed by atoms with van der Waals surface area (Å²) in [7, 11) is 0. The number of thioether (sulfide) groups is 1. The molecule has 0 spiro atoms. The molecule has 1 saturated heterocycles. The van der Waals surface area contributed by atoms with Gasteiger partial charge in [-0.25, -0.2) is 0 Å². The highest BCUT2D eigenvalue weighted by molar-refractivity contribution is 7.99. The Morgan fingerprint density at radius 2 is 2.10 bits per heavy atom. The predicted molar refractivity (Wildman–Crippen MR) is 78.4 cm³/mol. The molecule has 1 amide bonds. The fraction of sp³-hybridized carbons (Fsp3) is 0.333. The molecule has 104 valence electrons. The minimum Gasteiger partial charge on any atom is -0.481 e. The van der Waals surface area contributed by atoms with Gasteiger partial charge in [0.15, 0.2) is 0 Å². The number of hydrogen-bond acceptors (Lipinski definition) is 3. The van der Waals surface area contributed by atoms with Crippen LogP contribution in [0.5, 0.6) is 0 Å². The molecule has 1 N–H and O–H groups in total. The van der Waals surface area contributed by atoms with Crippen molar-refractivity contribution in [2.45, 2.75) is 12.5 Å². The van der Waals surface area contributed by atoms with Gasteiger partial charge in [-0.3, -0.25) is 9.59 Å². The molecular formula is C15H15NO3S. The third-order valence-corrected chi connectivity index (χ3v) is 4.08. The first-order valence-electron chi connectivity index (χ1n) is 6.34. The molecule has 1 aliphatic heterocycles. The Bertz CT molecular complexity index is 547. The molecule has 4 nitrogen and oxygen atoms in total. The first kappa shape index (κ1) is 14.5. The molecule has 0 bridgehead atoms. The van der Waals surface area contributed by atoms with Crippen LogP contribution in [0.3, 0.4) is 0 Å². The van der Waals surface area contributed by atoms with Crippen LogP contribution in [0, 0.1) is 11.8 Å². The van der Waals surface area contributed by atoms with Crippen molar-refractivity contribution in [2.75, 3.05) is 18.1 Å². The normalized spacial score (nSPS) is 18.0. The summed E-state index contributed by atoms with van der Waals surface area (Å²) >= 11 is 1.68. The van der Waals surface area contributed by atoms with Crippen LogP contribution < -0.4 is 0 Å². The Morgan fingerprint density at radius 3 is 2.80 bits per heavy atom. The molecule has 1 aliphatic rings. The zero-order chi connectivity index (χ0) is 14.4. The monoisotopic (exact) mass is 289 g/mol. The minimum atomic E-state index is -0.883. The molecule has 0 aromatic heterocycles. The number of rotatable bonds is 2. The molecule has 1 heterocycles. The van der Waals surface area contributed by atoms with Gasteiger partial charge in [-0.2, -0.15) is 11.8 Å². The molecule has 0 aliphatic carbocycles. The zero-order valence-electron chi connectivity index (χ0n) is 10.9. The standard InChI is InChI=1S/C15H15NO3S/c17-14(7-6-12-4-2-1-3-5-12)16-8-9-20-11-13(16)10-15(18)19/h1-5,13H,8-11H2,(H,18,19). The second kappa shape index (κ2) is 7.01.